The van der Waals surface area contributed by atoms with Gasteiger partial charge in [0.15, 0.2) is 4.96 Å². The number of thiazole rings is 1. The Morgan fingerprint density at radius 1 is 1.26 bits per heavy atom. The standard InChI is InChI=1S/C17H17N5O3S2/c1-24-6-4-21(10-12-9-15(23)22-5-8-27-17(22)18-12)11-14-19-20-16(25-14)13-3-2-7-26-13/h2-3,5,7-9H,4,6,10-11H2,1H3. The van der Waals surface area contributed by atoms with E-state index in [4.69, 9.17) is 9.15 Å². The largest absolute Gasteiger partial charge is 0.419 e. The first-order valence-electron chi connectivity index (χ1n) is 8.26. The van der Waals surface area contributed by atoms with Crippen LogP contribution >= 0.6 is 22.7 Å². The van der Waals surface area contributed by atoms with Gasteiger partial charge >= 0.3 is 0 Å². The molecule has 140 valence electrons. The molecule has 0 spiro atoms. The third-order valence-electron chi connectivity index (χ3n) is 3.91. The van der Waals surface area contributed by atoms with Crippen LogP contribution in [0.1, 0.15) is 11.6 Å². The van der Waals surface area contributed by atoms with Crippen LogP contribution in [0.2, 0.25) is 0 Å². The quantitative estimate of drug-likeness (QED) is 0.447. The van der Waals surface area contributed by atoms with Crippen LogP contribution in [0.15, 0.2) is 44.4 Å². The lowest BCUT2D eigenvalue weighted by atomic mass is 10.3. The highest BCUT2D eigenvalue weighted by Crippen LogP contribution is 2.23. The van der Waals surface area contributed by atoms with E-state index in [1.807, 2.05) is 22.9 Å². The first-order valence-corrected chi connectivity index (χ1v) is 10.0. The average molecular weight is 403 g/mol. The van der Waals surface area contributed by atoms with Crippen LogP contribution in [0, 0.1) is 0 Å². The Hall–Kier alpha value is -2.40. The average Bonchev–Trinajstić information content (AvgIpc) is 3.40. The van der Waals surface area contributed by atoms with E-state index in [1.54, 1.807) is 35.1 Å². The van der Waals surface area contributed by atoms with Gasteiger partial charge in [-0.3, -0.25) is 14.1 Å². The van der Waals surface area contributed by atoms with E-state index < -0.39 is 0 Å². The second kappa shape index (κ2) is 8.09. The van der Waals surface area contributed by atoms with Gasteiger partial charge in [-0.15, -0.1) is 32.9 Å². The maximum Gasteiger partial charge on any atom is 0.258 e. The Labute approximate surface area is 162 Å². The third-order valence-corrected chi connectivity index (χ3v) is 5.53. The molecular formula is C17H17N5O3S2. The van der Waals surface area contributed by atoms with Crippen LogP contribution in [-0.4, -0.2) is 44.7 Å². The second-order valence-electron chi connectivity index (χ2n) is 5.82. The Kier molecular flexibility index (Phi) is 5.39. The number of hydrogen-bond acceptors (Lipinski definition) is 9. The predicted molar refractivity (Wildman–Crippen MR) is 103 cm³/mol. The van der Waals surface area contributed by atoms with Gasteiger partial charge in [-0.1, -0.05) is 6.07 Å². The molecule has 0 atom stereocenters. The van der Waals surface area contributed by atoms with Crippen LogP contribution in [0.4, 0.5) is 0 Å². The molecule has 0 radical (unpaired) electrons. The fourth-order valence-electron chi connectivity index (χ4n) is 2.64. The Morgan fingerprint density at radius 3 is 3.00 bits per heavy atom. The van der Waals surface area contributed by atoms with E-state index in [-0.39, 0.29) is 5.56 Å². The maximum absolute atomic E-state index is 12.2. The molecule has 0 N–H and O–H groups in total. The van der Waals surface area contributed by atoms with Gasteiger partial charge in [0.2, 0.25) is 5.89 Å². The summed E-state index contributed by atoms with van der Waals surface area (Å²) in [7, 11) is 1.65. The molecule has 0 aliphatic heterocycles. The summed E-state index contributed by atoms with van der Waals surface area (Å²) in [5.41, 5.74) is 0.622. The van der Waals surface area contributed by atoms with E-state index in [1.165, 1.54) is 11.3 Å². The zero-order chi connectivity index (χ0) is 18.6. The number of fused-ring (bicyclic) bond motifs is 1. The molecule has 4 aromatic rings. The molecule has 4 aromatic heterocycles. The van der Waals surface area contributed by atoms with E-state index in [2.05, 4.69) is 20.1 Å². The molecule has 0 saturated carbocycles. The number of ether oxygens (including phenoxy) is 1. The van der Waals surface area contributed by atoms with E-state index >= 15 is 0 Å². The molecule has 0 unspecified atom stereocenters. The molecule has 0 saturated heterocycles. The van der Waals surface area contributed by atoms with Gasteiger partial charge in [-0.25, -0.2) is 4.98 Å². The smallest absolute Gasteiger partial charge is 0.258 e. The van der Waals surface area contributed by atoms with Crippen molar-refractivity contribution in [2.45, 2.75) is 13.1 Å². The lowest BCUT2D eigenvalue weighted by Gasteiger charge is -2.19. The Bertz CT molecular complexity index is 1070. The monoisotopic (exact) mass is 403 g/mol. The van der Waals surface area contributed by atoms with Crippen LogP contribution < -0.4 is 5.56 Å². The summed E-state index contributed by atoms with van der Waals surface area (Å²) in [6.07, 6.45) is 1.73. The Morgan fingerprint density at radius 2 is 2.19 bits per heavy atom. The van der Waals surface area contributed by atoms with Crippen molar-refractivity contribution in [1.82, 2.24) is 24.5 Å². The van der Waals surface area contributed by atoms with Gasteiger partial charge in [0, 0.05) is 37.8 Å². The van der Waals surface area contributed by atoms with Crippen LogP contribution in [-0.2, 0) is 17.8 Å². The third kappa shape index (κ3) is 4.14. The van der Waals surface area contributed by atoms with Gasteiger partial charge < -0.3 is 9.15 Å². The van der Waals surface area contributed by atoms with Crippen molar-refractivity contribution in [3.63, 3.8) is 0 Å². The number of hydrogen-bond donors (Lipinski definition) is 0. The number of thiophene rings is 1. The van der Waals surface area contributed by atoms with Crippen molar-refractivity contribution in [3.8, 4) is 10.8 Å². The van der Waals surface area contributed by atoms with Gasteiger partial charge in [-0.05, 0) is 11.4 Å². The van der Waals surface area contributed by atoms with Gasteiger partial charge in [0.05, 0.1) is 23.7 Å². The number of aromatic nitrogens is 4. The SMILES string of the molecule is COCCN(Cc1cc(=O)n2ccsc2n1)Cc1nnc(-c2cccs2)o1. The van der Waals surface area contributed by atoms with E-state index in [0.29, 0.717) is 48.7 Å². The lowest BCUT2D eigenvalue weighted by Crippen LogP contribution is -2.28. The van der Waals surface area contributed by atoms with Crippen molar-refractivity contribution in [2.75, 3.05) is 20.3 Å². The number of rotatable bonds is 8. The molecule has 27 heavy (non-hydrogen) atoms. The topological polar surface area (TPSA) is 85.8 Å². The van der Waals surface area contributed by atoms with E-state index in [9.17, 15) is 4.79 Å². The molecular weight excluding hydrogens is 386 g/mol. The predicted octanol–water partition coefficient (Wildman–Crippen LogP) is 2.52. The van der Waals surface area contributed by atoms with Crippen molar-refractivity contribution >= 4 is 27.6 Å². The van der Waals surface area contributed by atoms with Crippen LogP contribution in [0.25, 0.3) is 15.7 Å². The first-order chi connectivity index (χ1) is 13.2. The molecule has 10 heteroatoms. The summed E-state index contributed by atoms with van der Waals surface area (Å²) in [4.78, 5) is 20.5. The minimum atomic E-state index is -0.0827. The normalized spacial score (nSPS) is 11.6. The molecule has 0 bridgehead atoms. The van der Waals surface area contributed by atoms with Crippen molar-refractivity contribution < 1.29 is 9.15 Å². The molecule has 0 fully saturated rings. The molecule has 0 amide bonds. The molecule has 4 heterocycles. The van der Waals surface area contributed by atoms with Crippen molar-refractivity contribution in [3.05, 3.63) is 57.1 Å². The molecule has 0 aliphatic carbocycles. The minimum absolute atomic E-state index is 0.0827. The molecule has 4 rings (SSSR count). The summed E-state index contributed by atoms with van der Waals surface area (Å²) in [6.45, 7) is 2.14. The number of nitrogens with zero attached hydrogens (tertiary/aromatic N) is 5. The zero-order valence-electron chi connectivity index (χ0n) is 14.6. The summed E-state index contributed by atoms with van der Waals surface area (Å²) < 4.78 is 12.5. The summed E-state index contributed by atoms with van der Waals surface area (Å²) in [5.74, 6) is 1.03. The van der Waals surface area contributed by atoms with Gasteiger partial charge in [0.1, 0.15) is 0 Å². The summed E-state index contributed by atoms with van der Waals surface area (Å²) in [6, 6.07) is 5.45. The maximum atomic E-state index is 12.2. The molecule has 0 aliphatic rings. The van der Waals surface area contributed by atoms with Crippen LogP contribution in [0.5, 0.6) is 0 Å². The summed E-state index contributed by atoms with van der Waals surface area (Å²) in [5, 5.41) is 12.1. The van der Waals surface area contributed by atoms with Gasteiger partial charge in [-0.2, -0.15) is 0 Å². The van der Waals surface area contributed by atoms with Gasteiger partial charge in [0.25, 0.3) is 11.4 Å². The molecule has 8 nitrogen and oxygen atoms in total. The zero-order valence-corrected chi connectivity index (χ0v) is 16.2. The highest BCUT2D eigenvalue weighted by molar-refractivity contribution is 7.15. The van der Waals surface area contributed by atoms with Crippen molar-refractivity contribution in [1.29, 1.82) is 0 Å². The highest BCUT2D eigenvalue weighted by Gasteiger charge is 2.15. The summed E-state index contributed by atoms with van der Waals surface area (Å²) >= 11 is 2.99. The molecule has 0 aromatic carbocycles. The second-order valence-corrected chi connectivity index (χ2v) is 7.64. The minimum Gasteiger partial charge on any atom is -0.419 e. The van der Waals surface area contributed by atoms with Crippen molar-refractivity contribution in [2.24, 2.45) is 0 Å². The lowest BCUT2D eigenvalue weighted by molar-refractivity contribution is 0.133. The fourth-order valence-corrected chi connectivity index (χ4v) is 4.02. The number of methoxy groups -OCH3 is 1. The first kappa shape index (κ1) is 18.0. The fraction of sp³-hybridized carbons (Fsp3) is 0.294. The Balaban J connectivity index is 1.52. The van der Waals surface area contributed by atoms with E-state index in [0.717, 1.165) is 4.88 Å². The van der Waals surface area contributed by atoms with Crippen LogP contribution in [0.3, 0.4) is 0 Å². The highest BCUT2D eigenvalue weighted by atomic mass is 32.1.